The Labute approximate surface area is 96.1 Å². The molecule has 1 aliphatic rings. The molecule has 16 heavy (non-hydrogen) atoms. The van der Waals surface area contributed by atoms with Crippen LogP contribution in [0.5, 0.6) is 0 Å². The predicted molar refractivity (Wildman–Crippen MR) is 65.3 cm³/mol. The molecule has 1 aromatic heterocycles. The molecule has 0 radical (unpaired) electrons. The number of piperidine rings is 1. The van der Waals surface area contributed by atoms with Gasteiger partial charge in [-0.15, -0.1) is 0 Å². The van der Waals surface area contributed by atoms with E-state index in [2.05, 4.69) is 9.88 Å². The molecule has 1 atom stereocenters. The fraction of sp³-hybridized carbons (Fsp3) is 0.583. The van der Waals surface area contributed by atoms with E-state index in [0.717, 1.165) is 25.2 Å². The van der Waals surface area contributed by atoms with Crippen LogP contribution in [0.15, 0.2) is 18.3 Å². The molecule has 3 N–H and O–H groups in total. The molecule has 4 nitrogen and oxygen atoms in total. The molecule has 0 aliphatic carbocycles. The zero-order valence-electron chi connectivity index (χ0n) is 9.47. The molecule has 2 heterocycles. The van der Waals surface area contributed by atoms with Gasteiger partial charge in [0.25, 0.3) is 0 Å². The topological polar surface area (TPSA) is 62.4 Å². The molecule has 4 heteroatoms. The van der Waals surface area contributed by atoms with Crippen molar-refractivity contribution >= 4 is 11.5 Å². The number of rotatable bonds is 3. The Kier molecular flexibility index (Phi) is 3.62. The number of aliphatic hydroxyl groups is 1. The van der Waals surface area contributed by atoms with Crippen molar-refractivity contribution in [3.63, 3.8) is 0 Å². The van der Waals surface area contributed by atoms with Crippen molar-refractivity contribution in [1.82, 2.24) is 4.98 Å². The summed E-state index contributed by atoms with van der Waals surface area (Å²) in [6.45, 7) is 2.30. The summed E-state index contributed by atoms with van der Waals surface area (Å²) in [4.78, 5) is 6.40. The van der Waals surface area contributed by atoms with Gasteiger partial charge in [-0.25, -0.2) is 4.98 Å². The molecule has 2 rings (SSSR count). The van der Waals surface area contributed by atoms with Gasteiger partial charge in [-0.3, -0.25) is 0 Å². The van der Waals surface area contributed by atoms with Gasteiger partial charge in [0.2, 0.25) is 0 Å². The van der Waals surface area contributed by atoms with E-state index in [4.69, 9.17) is 10.8 Å². The zero-order chi connectivity index (χ0) is 11.4. The highest BCUT2D eigenvalue weighted by molar-refractivity contribution is 5.63. The highest BCUT2D eigenvalue weighted by atomic mass is 16.3. The summed E-state index contributed by atoms with van der Waals surface area (Å²) in [5, 5.41) is 8.97. The second kappa shape index (κ2) is 5.16. The first-order valence-corrected chi connectivity index (χ1v) is 5.87. The monoisotopic (exact) mass is 221 g/mol. The Morgan fingerprint density at radius 3 is 3.19 bits per heavy atom. The summed E-state index contributed by atoms with van der Waals surface area (Å²) in [6.07, 6.45) is 4.97. The number of aliphatic hydroxyl groups excluding tert-OH is 1. The van der Waals surface area contributed by atoms with Crippen molar-refractivity contribution in [2.45, 2.75) is 19.3 Å². The van der Waals surface area contributed by atoms with Gasteiger partial charge in [0.15, 0.2) is 0 Å². The number of pyridine rings is 1. The number of nitrogen functional groups attached to an aromatic ring is 1. The van der Waals surface area contributed by atoms with Crippen molar-refractivity contribution < 1.29 is 5.11 Å². The van der Waals surface area contributed by atoms with Gasteiger partial charge in [0.05, 0.1) is 5.69 Å². The number of nitrogens with zero attached hydrogens (tertiary/aromatic N) is 2. The smallest absolute Gasteiger partial charge is 0.146 e. The minimum Gasteiger partial charge on any atom is -0.396 e. The first kappa shape index (κ1) is 11.2. The van der Waals surface area contributed by atoms with Gasteiger partial charge in [0, 0.05) is 25.9 Å². The summed E-state index contributed by atoms with van der Waals surface area (Å²) < 4.78 is 0. The molecule has 0 aromatic carbocycles. The minimum absolute atomic E-state index is 0.279. The second-order valence-electron chi connectivity index (χ2n) is 4.37. The molecular weight excluding hydrogens is 202 g/mol. The number of hydrogen-bond donors (Lipinski definition) is 2. The molecular formula is C12H19N3O. The Balaban J connectivity index is 2.07. The van der Waals surface area contributed by atoms with Crippen LogP contribution in [0, 0.1) is 5.92 Å². The lowest BCUT2D eigenvalue weighted by molar-refractivity contribution is 0.244. The van der Waals surface area contributed by atoms with Gasteiger partial charge in [-0.1, -0.05) is 0 Å². The Morgan fingerprint density at radius 2 is 2.44 bits per heavy atom. The first-order valence-electron chi connectivity index (χ1n) is 5.87. The fourth-order valence-electron chi connectivity index (χ4n) is 2.38. The zero-order valence-corrected chi connectivity index (χ0v) is 9.47. The summed E-state index contributed by atoms with van der Waals surface area (Å²) in [6, 6.07) is 3.94. The SMILES string of the molecule is Nc1ncccc1N1CCCC(CCO)C1. The van der Waals surface area contributed by atoms with Gasteiger partial charge >= 0.3 is 0 Å². The lowest BCUT2D eigenvalue weighted by atomic mass is 9.95. The van der Waals surface area contributed by atoms with Gasteiger partial charge in [0.1, 0.15) is 5.82 Å². The number of anilines is 2. The second-order valence-corrected chi connectivity index (χ2v) is 4.37. The van der Waals surface area contributed by atoms with Gasteiger partial charge in [-0.2, -0.15) is 0 Å². The van der Waals surface area contributed by atoms with Crippen LogP contribution in [0.25, 0.3) is 0 Å². The highest BCUT2D eigenvalue weighted by Gasteiger charge is 2.20. The molecule has 0 saturated carbocycles. The third-order valence-electron chi connectivity index (χ3n) is 3.21. The van der Waals surface area contributed by atoms with Crippen molar-refractivity contribution in [1.29, 1.82) is 0 Å². The predicted octanol–water partition coefficient (Wildman–Crippen LogP) is 1.26. The lowest BCUT2D eigenvalue weighted by Crippen LogP contribution is -2.36. The maximum atomic E-state index is 8.97. The van der Waals surface area contributed by atoms with E-state index in [0.29, 0.717) is 11.7 Å². The fourth-order valence-corrected chi connectivity index (χ4v) is 2.38. The molecule has 1 saturated heterocycles. The summed E-state index contributed by atoms with van der Waals surface area (Å²) in [7, 11) is 0. The van der Waals surface area contributed by atoms with Crippen LogP contribution in [0.3, 0.4) is 0 Å². The quantitative estimate of drug-likeness (QED) is 0.806. The number of hydrogen-bond acceptors (Lipinski definition) is 4. The average Bonchev–Trinajstić information content (AvgIpc) is 2.30. The third kappa shape index (κ3) is 2.44. The van der Waals surface area contributed by atoms with E-state index in [1.54, 1.807) is 6.20 Å². The highest BCUT2D eigenvalue weighted by Crippen LogP contribution is 2.27. The maximum absolute atomic E-state index is 8.97. The van der Waals surface area contributed by atoms with Crippen molar-refractivity contribution in [2.24, 2.45) is 5.92 Å². The van der Waals surface area contributed by atoms with E-state index in [1.165, 1.54) is 12.8 Å². The molecule has 1 fully saturated rings. The summed E-state index contributed by atoms with van der Waals surface area (Å²) in [5.74, 6) is 1.19. The van der Waals surface area contributed by atoms with Crippen LogP contribution in [0.4, 0.5) is 11.5 Å². The normalized spacial score (nSPS) is 21.1. The molecule has 1 unspecified atom stereocenters. The lowest BCUT2D eigenvalue weighted by Gasteiger charge is -2.34. The van der Waals surface area contributed by atoms with E-state index < -0.39 is 0 Å². The van der Waals surface area contributed by atoms with Gasteiger partial charge < -0.3 is 15.7 Å². The largest absolute Gasteiger partial charge is 0.396 e. The Hall–Kier alpha value is -1.29. The van der Waals surface area contributed by atoms with Crippen molar-refractivity contribution in [2.75, 3.05) is 30.3 Å². The van der Waals surface area contributed by atoms with E-state index in [9.17, 15) is 0 Å². The van der Waals surface area contributed by atoms with Crippen LogP contribution in [-0.4, -0.2) is 29.8 Å². The maximum Gasteiger partial charge on any atom is 0.146 e. The van der Waals surface area contributed by atoms with E-state index in [-0.39, 0.29) is 6.61 Å². The van der Waals surface area contributed by atoms with Crippen LogP contribution in [0.1, 0.15) is 19.3 Å². The van der Waals surface area contributed by atoms with Crippen molar-refractivity contribution in [3.8, 4) is 0 Å². The number of aromatic nitrogens is 1. The van der Waals surface area contributed by atoms with Crippen LogP contribution < -0.4 is 10.6 Å². The van der Waals surface area contributed by atoms with Crippen LogP contribution >= 0.6 is 0 Å². The molecule has 88 valence electrons. The molecule has 0 bridgehead atoms. The average molecular weight is 221 g/mol. The molecule has 0 spiro atoms. The van der Waals surface area contributed by atoms with Crippen LogP contribution in [0.2, 0.25) is 0 Å². The van der Waals surface area contributed by atoms with E-state index >= 15 is 0 Å². The molecule has 1 aliphatic heterocycles. The molecule has 1 aromatic rings. The number of nitrogens with two attached hydrogens (primary N) is 1. The molecule has 0 amide bonds. The third-order valence-corrected chi connectivity index (χ3v) is 3.21. The summed E-state index contributed by atoms with van der Waals surface area (Å²) >= 11 is 0. The van der Waals surface area contributed by atoms with Crippen LogP contribution in [-0.2, 0) is 0 Å². The Morgan fingerprint density at radius 1 is 1.56 bits per heavy atom. The Bertz CT molecular complexity index is 341. The standard InChI is InChI=1S/C12H19N3O/c13-12-11(4-1-6-14-12)15-7-2-3-10(9-15)5-8-16/h1,4,6,10,16H,2-3,5,7-9H2,(H2,13,14). The van der Waals surface area contributed by atoms with E-state index in [1.807, 2.05) is 12.1 Å². The first-order chi connectivity index (χ1) is 7.81. The van der Waals surface area contributed by atoms with Crippen molar-refractivity contribution in [3.05, 3.63) is 18.3 Å². The van der Waals surface area contributed by atoms with Gasteiger partial charge in [-0.05, 0) is 37.3 Å². The minimum atomic E-state index is 0.279. The summed E-state index contributed by atoms with van der Waals surface area (Å²) in [5.41, 5.74) is 6.90.